The average molecular weight is 228 g/mol. The number of nitrogens with two attached hydrogens (primary N) is 1. The highest BCUT2D eigenvalue weighted by atomic mass is 16.6. The van der Waals surface area contributed by atoms with Crippen molar-refractivity contribution in [2.45, 2.75) is 32.8 Å². The Bertz CT molecular complexity index is 281. The molecule has 0 aliphatic carbocycles. The highest BCUT2D eigenvalue weighted by Crippen LogP contribution is 2.14. The summed E-state index contributed by atoms with van der Waals surface area (Å²) in [5.74, 6) is 5.01. The highest BCUT2D eigenvalue weighted by Gasteiger charge is 2.24. The number of hydrogen-bond acceptors (Lipinski definition) is 4. The minimum Gasteiger partial charge on any atom is -0.444 e. The van der Waals surface area contributed by atoms with E-state index in [4.69, 9.17) is 10.6 Å². The first kappa shape index (κ1) is 13.0. The summed E-state index contributed by atoms with van der Waals surface area (Å²) >= 11 is 0. The first-order chi connectivity index (χ1) is 7.42. The van der Waals surface area contributed by atoms with Gasteiger partial charge in [0, 0.05) is 13.1 Å². The number of nitrogens with zero attached hydrogens (tertiary/aromatic N) is 1. The lowest BCUT2D eigenvalue weighted by Crippen LogP contribution is -2.40. The predicted octanol–water partition coefficient (Wildman–Crippen LogP) is 1.44. The fraction of sp³-hybridized carbons (Fsp3) is 0.727. The van der Waals surface area contributed by atoms with Gasteiger partial charge in [0.15, 0.2) is 0 Å². The van der Waals surface area contributed by atoms with Crippen LogP contribution in [-0.2, 0) is 9.57 Å². The molecule has 0 aromatic heterocycles. The summed E-state index contributed by atoms with van der Waals surface area (Å²) in [5.41, 5.74) is 0.558. The molecule has 0 aromatic rings. The smallest absolute Gasteiger partial charge is 0.410 e. The van der Waals surface area contributed by atoms with Gasteiger partial charge in [-0.25, -0.2) is 10.7 Å². The molecule has 92 valence electrons. The van der Waals surface area contributed by atoms with Crippen molar-refractivity contribution in [3.8, 4) is 0 Å². The summed E-state index contributed by atoms with van der Waals surface area (Å²) in [7, 11) is 0. The van der Waals surface area contributed by atoms with Gasteiger partial charge in [-0.2, -0.15) is 0 Å². The van der Waals surface area contributed by atoms with E-state index in [-0.39, 0.29) is 6.09 Å². The quantitative estimate of drug-likeness (QED) is 0.574. The van der Waals surface area contributed by atoms with E-state index in [0.29, 0.717) is 19.7 Å². The Morgan fingerprint density at radius 1 is 1.56 bits per heavy atom. The molecule has 0 fully saturated rings. The third-order valence-electron chi connectivity index (χ3n) is 2.15. The monoisotopic (exact) mass is 228 g/mol. The molecule has 2 N–H and O–H groups in total. The van der Waals surface area contributed by atoms with Gasteiger partial charge in [0.25, 0.3) is 0 Å². The van der Waals surface area contributed by atoms with E-state index in [2.05, 4.69) is 4.84 Å². The van der Waals surface area contributed by atoms with Gasteiger partial charge in [0.05, 0.1) is 6.61 Å². The van der Waals surface area contributed by atoms with Crippen molar-refractivity contribution >= 4 is 6.09 Å². The van der Waals surface area contributed by atoms with E-state index in [9.17, 15) is 4.79 Å². The molecule has 0 saturated heterocycles. The molecule has 1 aliphatic rings. The van der Waals surface area contributed by atoms with Crippen molar-refractivity contribution in [3.63, 3.8) is 0 Å². The maximum Gasteiger partial charge on any atom is 0.410 e. The van der Waals surface area contributed by atoms with E-state index >= 15 is 0 Å². The third kappa shape index (κ3) is 4.20. The molecular formula is C11H20N2O3. The SMILES string of the molecule is CC(C)(C)OC(=O)N1CCC=C(CON)C1. The molecule has 0 atom stereocenters. The van der Waals surface area contributed by atoms with Crippen LogP contribution in [0.25, 0.3) is 0 Å². The number of hydrogen-bond donors (Lipinski definition) is 1. The second-order valence-electron chi connectivity index (χ2n) is 4.86. The number of rotatable bonds is 2. The maximum absolute atomic E-state index is 11.8. The van der Waals surface area contributed by atoms with Crippen LogP contribution in [0.1, 0.15) is 27.2 Å². The third-order valence-corrected chi connectivity index (χ3v) is 2.15. The standard InChI is InChI=1S/C11H20N2O3/c1-11(2,3)16-10(14)13-6-4-5-9(7-13)8-15-12/h5H,4,6-8,12H2,1-3H3. The molecule has 0 bridgehead atoms. The van der Waals surface area contributed by atoms with E-state index in [0.717, 1.165) is 12.0 Å². The molecule has 5 nitrogen and oxygen atoms in total. The Morgan fingerprint density at radius 3 is 2.81 bits per heavy atom. The second-order valence-corrected chi connectivity index (χ2v) is 4.86. The van der Waals surface area contributed by atoms with Crippen LogP contribution in [0, 0.1) is 0 Å². The van der Waals surface area contributed by atoms with Crippen LogP contribution in [0.3, 0.4) is 0 Å². The van der Waals surface area contributed by atoms with E-state index in [1.165, 1.54) is 0 Å². The Morgan fingerprint density at radius 2 is 2.25 bits per heavy atom. The molecule has 0 radical (unpaired) electrons. The van der Waals surface area contributed by atoms with Crippen LogP contribution in [0.5, 0.6) is 0 Å². The number of carbonyl (C=O) groups excluding carboxylic acids is 1. The first-order valence-corrected chi connectivity index (χ1v) is 5.40. The fourth-order valence-corrected chi connectivity index (χ4v) is 1.51. The van der Waals surface area contributed by atoms with Gasteiger partial charge in [-0.05, 0) is 32.8 Å². The van der Waals surface area contributed by atoms with Crippen molar-refractivity contribution in [2.24, 2.45) is 5.90 Å². The normalized spacial score (nSPS) is 17.0. The van der Waals surface area contributed by atoms with Crippen molar-refractivity contribution < 1.29 is 14.4 Å². The molecule has 0 unspecified atom stereocenters. The molecule has 1 rings (SSSR count). The summed E-state index contributed by atoms with van der Waals surface area (Å²) < 4.78 is 5.29. The van der Waals surface area contributed by atoms with Gasteiger partial charge in [0.2, 0.25) is 0 Å². The van der Waals surface area contributed by atoms with Crippen LogP contribution in [0.2, 0.25) is 0 Å². The lowest BCUT2D eigenvalue weighted by molar-refractivity contribution is 0.0252. The molecule has 1 aliphatic heterocycles. The zero-order chi connectivity index (χ0) is 12.2. The van der Waals surface area contributed by atoms with Gasteiger partial charge in [-0.1, -0.05) is 6.08 Å². The molecular weight excluding hydrogens is 208 g/mol. The summed E-state index contributed by atoms with van der Waals surface area (Å²) in [6, 6.07) is 0. The Labute approximate surface area is 96.1 Å². The summed E-state index contributed by atoms with van der Waals surface area (Å²) in [4.78, 5) is 18.0. The lowest BCUT2D eigenvalue weighted by Gasteiger charge is -2.30. The predicted molar refractivity (Wildman–Crippen MR) is 60.6 cm³/mol. The molecule has 0 aromatic carbocycles. The fourth-order valence-electron chi connectivity index (χ4n) is 1.51. The highest BCUT2D eigenvalue weighted by molar-refractivity contribution is 5.68. The number of ether oxygens (including phenoxy) is 1. The van der Waals surface area contributed by atoms with Crippen LogP contribution in [-0.4, -0.2) is 36.3 Å². The summed E-state index contributed by atoms with van der Waals surface area (Å²) in [5, 5.41) is 0. The van der Waals surface area contributed by atoms with Gasteiger partial charge in [0.1, 0.15) is 5.60 Å². The average Bonchev–Trinajstić information content (AvgIpc) is 2.16. The summed E-state index contributed by atoms with van der Waals surface area (Å²) in [6.45, 7) is 7.15. The summed E-state index contributed by atoms with van der Waals surface area (Å²) in [6.07, 6.45) is 2.58. The van der Waals surface area contributed by atoms with Gasteiger partial charge in [-0.15, -0.1) is 0 Å². The van der Waals surface area contributed by atoms with Crippen molar-refractivity contribution in [3.05, 3.63) is 11.6 Å². The first-order valence-electron chi connectivity index (χ1n) is 5.40. The lowest BCUT2D eigenvalue weighted by atomic mass is 10.1. The maximum atomic E-state index is 11.8. The Hall–Kier alpha value is -1.07. The zero-order valence-electron chi connectivity index (χ0n) is 10.2. The van der Waals surface area contributed by atoms with Crippen molar-refractivity contribution in [2.75, 3.05) is 19.7 Å². The van der Waals surface area contributed by atoms with Gasteiger partial charge < -0.3 is 14.5 Å². The van der Waals surface area contributed by atoms with E-state index in [1.54, 1.807) is 4.90 Å². The second kappa shape index (κ2) is 5.32. The van der Waals surface area contributed by atoms with Crippen LogP contribution >= 0.6 is 0 Å². The largest absolute Gasteiger partial charge is 0.444 e. The van der Waals surface area contributed by atoms with E-state index < -0.39 is 5.60 Å². The zero-order valence-corrected chi connectivity index (χ0v) is 10.2. The molecule has 0 saturated carbocycles. The Kier molecular flexibility index (Phi) is 4.32. The van der Waals surface area contributed by atoms with Crippen molar-refractivity contribution in [1.29, 1.82) is 0 Å². The Balaban J connectivity index is 2.50. The minimum atomic E-state index is -0.456. The topological polar surface area (TPSA) is 64.8 Å². The van der Waals surface area contributed by atoms with Gasteiger partial charge >= 0.3 is 6.09 Å². The number of amides is 1. The van der Waals surface area contributed by atoms with Crippen LogP contribution in [0.15, 0.2) is 11.6 Å². The van der Waals surface area contributed by atoms with E-state index in [1.807, 2.05) is 26.8 Å². The molecule has 0 spiro atoms. The van der Waals surface area contributed by atoms with Crippen LogP contribution in [0.4, 0.5) is 4.79 Å². The molecule has 1 amide bonds. The van der Waals surface area contributed by atoms with Crippen molar-refractivity contribution in [1.82, 2.24) is 4.90 Å². The van der Waals surface area contributed by atoms with Crippen LogP contribution < -0.4 is 5.90 Å². The molecule has 1 heterocycles. The minimum absolute atomic E-state index is 0.282. The molecule has 16 heavy (non-hydrogen) atoms. The number of carbonyl (C=O) groups is 1. The van der Waals surface area contributed by atoms with Gasteiger partial charge in [-0.3, -0.25) is 0 Å². The molecule has 5 heteroatoms.